The monoisotopic (exact) mass is 571 g/mol. The van der Waals surface area contributed by atoms with Crippen LogP contribution in [0.25, 0.3) is 16.6 Å². The van der Waals surface area contributed by atoms with Gasteiger partial charge in [-0.1, -0.05) is 35.0 Å². The Morgan fingerprint density at radius 3 is 2.52 bits per heavy atom. The van der Waals surface area contributed by atoms with Crippen LogP contribution in [-0.4, -0.2) is 47.0 Å². The molecule has 2 aromatic carbocycles. The first-order valence-electron chi connectivity index (χ1n) is 12.6. The molecule has 0 saturated carbocycles. The SMILES string of the molecule is COc1nc2ccc([C@@](O)(c3sc(C)nc3C)c3cnnn3C)cc2c(Cl)c1Cc1ccc(-n2cccn2)cc1. The number of hydrogen-bond acceptors (Lipinski definition) is 8. The lowest BCUT2D eigenvalue weighted by Crippen LogP contribution is -2.31. The van der Waals surface area contributed by atoms with E-state index in [1.165, 1.54) is 11.3 Å². The van der Waals surface area contributed by atoms with Crippen LogP contribution in [-0.2, 0) is 19.1 Å². The average molecular weight is 572 g/mol. The molecule has 40 heavy (non-hydrogen) atoms. The van der Waals surface area contributed by atoms with E-state index in [4.69, 9.17) is 21.3 Å². The molecule has 0 aliphatic rings. The maximum atomic E-state index is 12.4. The number of ether oxygens (including phenoxy) is 1. The molecule has 0 spiro atoms. The summed E-state index contributed by atoms with van der Waals surface area (Å²) >= 11 is 8.53. The molecular formula is C29H26ClN7O2S. The number of aliphatic hydroxyl groups is 1. The van der Waals surface area contributed by atoms with Crippen molar-refractivity contribution in [3.63, 3.8) is 0 Å². The highest BCUT2D eigenvalue weighted by Gasteiger charge is 2.40. The smallest absolute Gasteiger partial charge is 0.218 e. The van der Waals surface area contributed by atoms with Gasteiger partial charge in [-0.2, -0.15) is 5.10 Å². The van der Waals surface area contributed by atoms with Crippen molar-refractivity contribution in [1.82, 2.24) is 34.7 Å². The second-order valence-corrected chi connectivity index (χ2v) is 11.1. The quantitative estimate of drug-likeness (QED) is 0.282. The van der Waals surface area contributed by atoms with E-state index in [-0.39, 0.29) is 0 Å². The van der Waals surface area contributed by atoms with Crippen LogP contribution in [0.1, 0.15) is 38.0 Å². The van der Waals surface area contributed by atoms with E-state index in [1.54, 1.807) is 31.2 Å². The molecule has 202 valence electrons. The number of aryl methyl sites for hydroxylation is 3. The summed E-state index contributed by atoms with van der Waals surface area (Å²) in [6, 6.07) is 15.6. The second kappa shape index (κ2) is 10.1. The Balaban J connectivity index is 1.48. The molecule has 1 atom stereocenters. The largest absolute Gasteiger partial charge is 0.481 e. The first-order chi connectivity index (χ1) is 19.3. The van der Waals surface area contributed by atoms with E-state index in [9.17, 15) is 5.11 Å². The Labute approximate surface area is 239 Å². The van der Waals surface area contributed by atoms with E-state index in [0.29, 0.717) is 44.4 Å². The first-order valence-corrected chi connectivity index (χ1v) is 13.8. The van der Waals surface area contributed by atoms with Gasteiger partial charge in [0.1, 0.15) is 5.69 Å². The molecule has 0 unspecified atom stereocenters. The highest BCUT2D eigenvalue weighted by molar-refractivity contribution is 7.11. The number of methoxy groups -OCH3 is 1. The number of nitrogens with zero attached hydrogens (tertiary/aromatic N) is 7. The van der Waals surface area contributed by atoms with Gasteiger partial charge in [-0.25, -0.2) is 19.3 Å². The summed E-state index contributed by atoms with van der Waals surface area (Å²) < 4.78 is 9.05. The molecular weight excluding hydrogens is 546 g/mol. The van der Waals surface area contributed by atoms with Gasteiger partial charge in [0.15, 0.2) is 5.60 Å². The number of pyridine rings is 1. The molecule has 9 nitrogen and oxygen atoms in total. The summed E-state index contributed by atoms with van der Waals surface area (Å²) in [6.45, 7) is 3.81. The molecule has 0 saturated heterocycles. The van der Waals surface area contributed by atoms with E-state index >= 15 is 0 Å². The van der Waals surface area contributed by atoms with Crippen LogP contribution in [0.4, 0.5) is 0 Å². The Morgan fingerprint density at radius 1 is 1.10 bits per heavy atom. The van der Waals surface area contributed by atoms with Crippen LogP contribution in [0.3, 0.4) is 0 Å². The number of aromatic nitrogens is 7. The lowest BCUT2D eigenvalue weighted by Gasteiger charge is -2.28. The van der Waals surface area contributed by atoms with Crippen molar-refractivity contribution < 1.29 is 9.84 Å². The third kappa shape index (κ3) is 4.34. The molecule has 0 aliphatic heterocycles. The van der Waals surface area contributed by atoms with Gasteiger partial charge in [0, 0.05) is 36.8 Å². The number of benzene rings is 2. The normalized spacial score (nSPS) is 13.1. The van der Waals surface area contributed by atoms with Gasteiger partial charge in [0.05, 0.1) is 45.1 Å². The molecule has 1 N–H and O–H groups in total. The Morgan fingerprint density at radius 2 is 1.90 bits per heavy atom. The molecule has 0 bridgehead atoms. The van der Waals surface area contributed by atoms with Gasteiger partial charge < -0.3 is 9.84 Å². The maximum absolute atomic E-state index is 12.4. The molecule has 6 aromatic rings. The third-order valence-corrected chi connectivity index (χ3v) is 8.61. The predicted molar refractivity (Wildman–Crippen MR) is 154 cm³/mol. The van der Waals surface area contributed by atoms with Crippen molar-refractivity contribution in [1.29, 1.82) is 0 Å². The Bertz CT molecular complexity index is 1830. The second-order valence-electron chi connectivity index (χ2n) is 9.54. The summed E-state index contributed by atoms with van der Waals surface area (Å²) in [6.07, 6.45) is 5.73. The maximum Gasteiger partial charge on any atom is 0.218 e. The molecule has 0 amide bonds. The van der Waals surface area contributed by atoms with Crippen LogP contribution in [0.5, 0.6) is 5.88 Å². The van der Waals surface area contributed by atoms with Gasteiger partial charge in [-0.3, -0.25) is 0 Å². The average Bonchev–Trinajstić information content (AvgIpc) is 3.72. The third-order valence-electron chi connectivity index (χ3n) is 6.99. The standard InChI is InChI=1S/C29H26ClN7O2S/c1-17-27(40-18(2)33-17)29(38,25-16-31-35-36(25)3)20-8-11-24-22(15-20)26(30)23(28(34-24)39-4)14-19-6-9-21(10-7-19)37-13-5-12-32-37/h5-13,15-16,38H,14H2,1-4H3/t29-/m0/s1. The Hall–Kier alpha value is -4.12. The Kier molecular flexibility index (Phi) is 6.61. The lowest BCUT2D eigenvalue weighted by atomic mass is 9.87. The molecule has 11 heteroatoms. The number of fused-ring (bicyclic) bond motifs is 1. The van der Waals surface area contributed by atoms with Crippen LogP contribution in [0, 0.1) is 13.8 Å². The van der Waals surface area contributed by atoms with Gasteiger partial charge in [-0.05, 0) is 55.3 Å². The molecule has 6 rings (SSSR count). The summed E-state index contributed by atoms with van der Waals surface area (Å²) in [5, 5.41) is 26.9. The summed E-state index contributed by atoms with van der Waals surface area (Å²) in [7, 11) is 3.35. The zero-order valence-electron chi connectivity index (χ0n) is 22.3. The van der Waals surface area contributed by atoms with Crippen molar-refractivity contribution in [3.05, 3.63) is 110 Å². The van der Waals surface area contributed by atoms with Gasteiger partial charge >= 0.3 is 0 Å². The highest BCUT2D eigenvalue weighted by Crippen LogP contribution is 2.43. The van der Waals surface area contributed by atoms with Crippen LogP contribution >= 0.6 is 22.9 Å². The molecule has 0 aliphatic carbocycles. The van der Waals surface area contributed by atoms with E-state index in [2.05, 4.69) is 20.4 Å². The number of halogens is 1. The minimum Gasteiger partial charge on any atom is -0.481 e. The zero-order valence-corrected chi connectivity index (χ0v) is 23.9. The van der Waals surface area contributed by atoms with Crippen molar-refractivity contribution >= 4 is 33.8 Å². The summed E-state index contributed by atoms with van der Waals surface area (Å²) in [4.78, 5) is 10.0. The summed E-state index contributed by atoms with van der Waals surface area (Å²) in [5.74, 6) is 0.460. The number of hydrogen-bond donors (Lipinski definition) is 1. The summed E-state index contributed by atoms with van der Waals surface area (Å²) in [5.41, 5.74) is 3.75. The van der Waals surface area contributed by atoms with Gasteiger partial charge in [0.25, 0.3) is 0 Å². The van der Waals surface area contributed by atoms with Crippen LogP contribution in [0.15, 0.2) is 67.1 Å². The highest BCUT2D eigenvalue weighted by atomic mass is 35.5. The van der Waals surface area contributed by atoms with Crippen LogP contribution in [0.2, 0.25) is 5.02 Å². The zero-order chi connectivity index (χ0) is 28.0. The van der Waals surface area contributed by atoms with Crippen molar-refractivity contribution in [2.75, 3.05) is 7.11 Å². The van der Waals surface area contributed by atoms with E-state index < -0.39 is 5.60 Å². The lowest BCUT2D eigenvalue weighted by molar-refractivity contribution is 0.119. The van der Waals surface area contributed by atoms with Crippen molar-refractivity contribution in [2.24, 2.45) is 7.05 Å². The molecule has 4 heterocycles. The van der Waals surface area contributed by atoms with Crippen molar-refractivity contribution in [3.8, 4) is 11.6 Å². The van der Waals surface area contributed by atoms with Gasteiger partial charge in [0.2, 0.25) is 5.88 Å². The van der Waals surface area contributed by atoms with E-state index in [1.807, 2.05) is 73.3 Å². The molecule has 0 fully saturated rings. The predicted octanol–water partition coefficient (Wildman–Crippen LogP) is 5.16. The molecule has 0 radical (unpaired) electrons. The van der Waals surface area contributed by atoms with E-state index in [0.717, 1.165) is 27.5 Å². The minimum absolute atomic E-state index is 0.460. The fourth-order valence-electron chi connectivity index (χ4n) is 5.06. The van der Waals surface area contributed by atoms with Crippen LogP contribution < -0.4 is 4.74 Å². The molecule has 4 aromatic heterocycles. The number of rotatable bonds is 7. The van der Waals surface area contributed by atoms with Crippen molar-refractivity contribution in [2.45, 2.75) is 25.9 Å². The fraction of sp³-hybridized carbons (Fsp3) is 0.207. The number of thiazole rings is 1. The first kappa shape index (κ1) is 26.1. The fourth-order valence-corrected chi connectivity index (χ4v) is 6.40. The van der Waals surface area contributed by atoms with Gasteiger partial charge in [-0.15, -0.1) is 16.4 Å². The topological polar surface area (TPSA) is 104 Å². The minimum atomic E-state index is -1.55.